The molecular weight excluding hydrogens is 539 g/mol. The zero-order chi connectivity index (χ0) is 24.4. The van der Waals surface area contributed by atoms with Crippen LogP contribution in [0.5, 0.6) is 5.75 Å². The largest absolute Gasteiger partial charge is 0.494 e. The van der Waals surface area contributed by atoms with Crippen LogP contribution in [0.15, 0.2) is 30.3 Å². The van der Waals surface area contributed by atoms with Crippen LogP contribution in [-0.2, 0) is 3.07 Å². The molecule has 5 heteroatoms. The predicted octanol–water partition coefficient (Wildman–Crippen LogP) is 9.66. The van der Waals surface area contributed by atoms with Crippen LogP contribution in [0, 0.1) is 3.57 Å². The van der Waals surface area contributed by atoms with E-state index in [4.69, 9.17) is 4.74 Å². The minimum Gasteiger partial charge on any atom is -0.494 e. The number of benzene rings is 2. The molecule has 0 aliphatic rings. The molecule has 34 heavy (non-hydrogen) atoms. The van der Waals surface area contributed by atoms with Gasteiger partial charge in [0.15, 0.2) is 21.2 Å². The Labute approximate surface area is 216 Å². The van der Waals surface area contributed by atoms with E-state index in [1.54, 1.807) is 12.1 Å². The molecule has 0 bridgehead atoms. The Balaban J connectivity index is 1.49. The number of aromatic carboxylic acids is 1. The fourth-order valence-corrected chi connectivity index (χ4v) is 5.49. The summed E-state index contributed by atoms with van der Waals surface area (Å²) >= 11 is -1.53. The number of carboxylic acid groups (broad SMARTS) is 1. The SMILES string of the molecule is CCCCCCCCCCCCCCCCCCOc1ccc2cc(C(=O)O)c(I=O)cc2c1. The minimum atomic E-state index is -1.53. The van der Waals surface area contributed by atoms with Gasteiger partial charge in [0.05, 0.1) is 15.7 Å². The molecule has 2 aromatic carbocycles. The summed E-state index contributed by atoms with van der Waals surface area (Å²) in [5, 5.41) is 11.0. The van der Waals surface area contributed by atoms with E-state index in [1.165, 1.54) is 96.3 Å². The van der Waals surface area contributed by atoms with Crippen LogP contribution in [0.4, 0.5) is 0 Å². The number of fused-ring (bicyclic) bond motifs is 1. The topological polar surface area (TPSA) is 63.6 Å². The van der Waals surface area contributed by atoms with Crippen LogP contribution in [0.2, 0.25) is 0 Å². The molecule has 0 atom stereocenters. The average Bonchev–Trinajstić information content (AvgIpc) is 2.84. The van der Waals surface area contributed by atoms with E-state index in [-0.39, 0.29) is 5.56 Å². The molecule has 0 spiro atoms. The molecule has 0 amide bonds. The molecule has 0 radical (unpaired) electrons. The number of hydrogen-bond donors (Lipinski definition) is 1. The van der Waals surface area contributed by atoms with Gasteiger partial charge in [0, 0.05) is 0 Å². The fourth-order valence-electron chi connectivity index (χ4n) is 4.41. The monoisotopic (exact) mass is 582 g/mol. The maximum Gasteiger partial charge on any atom is 0.336 e. The number of ether oxygens (including phenoxy) is 1. The second-order valence-corrected chi connectivity index (χ2v) is 11.0. The molecule has 0 aliphatic carbocycles. The van der Waals surface area contributed by atoms with Crippen molar-refractivity contribution in [3.05, 3.63) is 39.5 Å². The van der Waals surface area contributed by atoms with Gasteiger partial charge in [-0.05, 0) is 41.5 Å². The Morgan fingerprint density at radius 3 is 1.76 bits per heavy atom. The summed E-state index contributed by atoms with van der Waals surface area (Å²) in [5.74, 6) is -0.247. The van der Waals surface area contributed by atoms with E-state index in [1.807, 2.05) is 18.2 Å². The number of carbonyl (C=O) groups is 1. The van der Waals surface area contributed by atoms with Gasteiger partial charge in [-0.2, -0.15) is 0 Å². The second-order valence-electron chi connectivity index (χ2n) is 9.38. The molecule has 0 aromatic heterocycles. The van der Waals surface area contributed by atoms with Crippen LogP contribution in [0.3, 0.4) is 0 Å². The molecule has 0 aliphatic heterocycles. The first-order chi connectivity index (χ1) is 16.7. The Morgan fingerprint density at radius 1 is 0.735 bits per heavy atom. The minimum absolute atomic E-state index is 0.136. The molecule has 2 rings (SSSR count). The molecule has 190 valence electrons. The van der Waals surface area contributed by atoms with Crippen molar-refractivity contribution in [2.75, 3.05) is 6.61 Å². The number of halogens is 1. The maximum atomic E-state index is 11.4. The zero-order valence-corrected chi connectivity index (χ0v) is 23.1. The first kappa shape index (κ1) is 28.7. The summed E-state index contributed by atoms with van der Waals surface area (Å²) in [5.41, 5.74) is 0.136. The van der Waals surface area contributed by atoms with E-state index in [0.29, 0.717) is 10.2 Å². The lowest BCUT2D eigenvalue weighted by Gasteiger charge is -2.09. The second kappa shape index (κ2) is 17.9. The first-order valence-corrected chi connectivity index (χ1v) is 15.3. The van der Waals surface area contributed by atoms with E-state index in [2.05, 4.69) is 6.92 Å². The van der Waals surface area contributed by atoms with Crippen molar-refractivity contribution in [2.45, 2.75) is 110 Å². The highest BCUT2D eigenvalue weighted by Crippen LogP contribution is 2.27. The van der Waals surface area contributed by atoms with Crippen molar-refractivity contribution >= 4 is 37.9 Å². The van der Waals surface area contributed by atoms with Crippen LogP contribution < -0.4 is 4.74 Å². The first-order valence-electron chi connectivity index (χ1n) is 13.4. The lowest BCUT2D eigenvalue weighted by molar-refractivity contribution is 0.0696. The van der Waals surface area contributed by atoms with Gasteiger partial charge in [0.1, 0.15) is 5.75 Å². The van der Waals surface area contributed by atoms with E-state index in [9.17, 15) is 13.0 Å². The Kier molecular flexibility index (Phi) is 15.1. The summed E-state index contributed by atoms with van der Waals surface area (Å²) < 4.78 is 17.8. The standard InChI is InChI=1S/C29H43IO4/c1-2-3-4-5-6-7-8-9-10-11-12-13-14-15-16-17-20-34-26-19-18-24-22-27(29(31)32)28(30-33)23-25(24)21-26/h18-19,21-23H,2-17,20H2,1H3,(H,31,32). The van der Waals surface area contributed by atoms with Gasteiger partial charge in [-0.15, -0.1) is 0 Å². The van der Waals surface area contributed by atoms with Crippen LogP contribution in [0.25, 0.3) is 10.8 Å². The molecule has 0 unspecified atom stereocenters. The zero-order valence-electron chi connectivity index (χ0n) is 21.0. The summed E-state index contributed by atoms with van der Waals surface area (Å²) in [7, 11) is 0. The van der Waals surface area contributed by atoms with Gasteiger partial charge >= 0.3 is 5.97 Å². The number of unbranched alkanes of at least 4 members (excludes halogenated alkanes) is 15. The predicted molar refractivity (Wildman–Crippen MR) is 149 cm³/mol. The molecule has 0 fully saturated rings. The number of rotatable bonds is 20. The molecular formula is C29H43IO4. The van der Waals surface area contributed by atoms with Crippen LogP contribution >= 0.6 is 21.2 Å². The Hall–Kier alpha value is -1.50. The van der Waals surface area contributed by atoms with Crippen molar-refractivity contribution in [3.8, 4) is 5.75 Å². The fraction of sp³-hybridized carbons (Fsp3) is 0.621. The highest BCUT2D eigenvalue weighted by atomic mass is 127. The molecule has 0 saturated carbocycles. The smallest absolute Gasteiger partial charge is 0.336 e. The Bertz CT molecular complexity index is 865. The van der Waals surface area contributed by atoms with Gasteiger partial charge in [0.25, 0.3) is 0 Å². The highest BCUT2D eigenvalue weighted by molar-refractivity contribution is 14.1. The molecule has 0 saturated heterocycles. The Morgan fingerprint density at radius 2 is 1.26 bits per heavy atom. The van der Waals surface area contributed by atoms with Crippen LogP contribution in [-0.4, -0.2) is 17.7 Å². The molecule has 1 N–H and O–H groups in total. The average molecular weight is 583 g/mol. The molecule has 4 nitrogen and oxygen atoms in total. The van der Waals surface area contributed by atoms with Gasteiger partial charge in [-0.1, -0.05) is 109 Å². The molecule has 0 heterocycles. The third kappa shape index (κ3) is 11.3. The summed E-state index contributed by atoms with van der Waals surface area (Å²) in [6, 6.07) is 8.99. The van der Waals surface area contributed by atoms with Crippen LogP contribution in [0.1, 0.15) is 120 Å². The summed E-state index contributed by atoms with van der Waals surface area (Å²) in [6.07, 6.45) is 21.7. The van der Waals surface area contributed by atoms with Gasteiger partial charge in [0.2, 0.25) is 0 Å². The third-order valence-electron chi connectivity index (χ3n) is 6.48. The number of carboxylic acids is 1. The normalized spacial score (nSPS) is 11.2. The van der Waals surface area contributed by atoms with Crippen molar-refractivity contribution < 1.29 is 17.7 Å². The summed E-state index contributed by atoms with van der Waals surface area (Å²) in [4.78, 5) is 11.3. The van der Waals surface area contributed by atoms with E-state index < -0.39 is 27.2 Å². The highest BCUT2D eigenvalue weighted by Gasteiger charge is 2.12. The van der Waals surface area contributed by atoms with Crippen molar-refractivity contribution in [3.63, 3.8) is 0 Å². The maximum absolute atomic E-state index is 11.4. The lowest BCUT2D eigenvalue weighted by Crippen LogP contribution is -2.00. The van der Waals surface area contributed by atoms with Gasteiger partial charge in [-0.3, -0.25) is 3.07 Å². The van der Waals surface area contributed by atoms with Gasteiger partial charge in [-0.25, -0.2) is 4.79 Å². The van der Waals surface area contributed by atoms with Crippen molar-refractivity contribution in [1.82, 2.24) is 0 Å². The number of hydrogen-bond acceptors (Lipinski definition) is 3. The van der Waals surface area contributed by atoms with Gasteiger partial charge < -0.3 is 9.84 Å². The summed E-state index contributed by atoms with van der Waals surface area (Å²) in [6.45, 7) is 2.97. The lowest BCUT2D eigenvalue weighted by atomic mass is 10.0. The van der Waals surface area contributed by atoms with E-state index in [0.717, 1.165) is 22.9 Å². The third-order valence-corrected chi connectivity index (χ3v) is 7.84. The van der Waals surface area contributed by atoms with Crippen molar-refractivity contribution in [1.29, 1.82) is 0 Å². The quantitative estimate of drug-likeness (QED) is 0.125. The van der Waals surface area contributed by atoms with E-state index >= 15 is 0 Å². The molecule has 2 aromatic rings. The van der Waals surface area contributed by atoms with Crippen molar-refractivity contribution in [2.24, 2.45) is 0 Å².